The van der Waals surface area contributed by atoms with Crippen LogP contribution in [0.5, 0.6) is 5.75 Å². The van der Waals surface area contributed by atoms with Crippen LogP contribution < -0.4 is 4.74 Å². The van der Waals surface area contributed by atoms with Crippen LogP contribution in [0.1, 0.15) is 32.6 Å². The molecule has 0 bridgehead atoms. The monoisotopic (exact) mass is 365 g/mol. The van der Waals surface area contributed by atoms with Crippen LogP contribution >= 0.6 is 0 Å². The van der Waals surface area contributed by atoms with Crippen LogP contribution in [0, 0.1) is 17.8 Å². The van der Waals surface area contributed by atoms with Crippen molar-refractivity contribution in [3.8, 4) is 17.6 Å². The smallest absolute Gasteiger partial charge is 0.308 e. The highest BCUT2D eigenvalue weighted by Gasteiger charge is 2.38. The predicted octanol–water partition coefficient (Wildman–Crippen LogP) is 2.35. The lowest BCUT2D eigenvalue weighted by molar-refractivity contribution is -0.144. The number of rotatable bonds is 6. The highest BCUT2D eigenvalue weighted by Crippen LogP contribution is 2.31. The van der Waals surface area contributed by atoms with Crippen LogP contribution in [0.25, 0.3) is 0 Å². The molecule has 0 amide bonds. The maximum Gasteiger partial charge on any atom is 0.308 e. The number of hydrogen-bond donors (Lipinski definition) is 1. The first-order valence-corrected chi connectivity index (χ1v) is 9.65. The standard InChI is InChI=1S/C18H23NO5S/c1-3-4-13-24-14-9-11-15(12-10-14)25(22,23)19(2)17-8-6-5-7-16(17)18(20)21/h9-12,16-17H,5-8,13H2,1-2H3,(H,20,21)/t16-,17+/m0/s1. The number of benzene rings is 1. The topological polar surface area (TPSA) is 83.9 Å². The van der Waals surface area contributed by atoms with E-state index in [0.717, 1.165) is 12.8 Å². The van der Waals surface area contributed by atoms with Crippen LogP contribution in [0.15, 0.2) is 29.2 Å². The fourth-order valence-corrected chi connectivity index (χ4v) is 4.50. The molecule has 1 fully saturated rings. The Balaban J connectivity index is 2.18. The molecule has 1 aliphatic carbocycles. The summed E-state index contributed by atoms with van der Waals surface area (Å²) in [7, 11) is -2.30. The number of carboxylic acid groups (broad SMARTS) is 1. The molecule has 6 nitrogen and oxygen atoms in total. The molecule has 136 valence electrons. The molecule has 0 unspecified atom stereocenters. The van der Waals surface area contributed by atoms with Crippen LogP contribution in [0.3, 0.4) is 0 Å². The van der Waals surface area contributed by atoms with E-state index in [1.165, 1.54) is 23.5 Å². The minimum Gasteiger partial charge on any atom is -0.481 e. The van der Waals surface area contributed by atoms with Gasteiger partial charge in [-0.15, -0.1) is 5.92 Å². The van der Waals surface area contributed by atoms with Gasteiger partial charge in [0.25, 0.3) is 0 Å². The van der Waals surface area contributed by atoms with Crippen molar-refractivity contribution in [2.75, 3.05) is 13.7 Å². The summed E-state index contributed by atoms with van der Waals surface area (Å²) in [6, 6.07) is 5.58. The zero-order valence-corrected chi connectivity index (χ0v) is 15.3. The molecule has 1 N–H and O–H groups in total. The number of carboxylic acids is 1. The number of hydrogen-bond acceptors (Lipinski definition) is 4. The van der Waals surface area contributed by atoms with Gasteiger partial charge >= 0.3 is 5.97 Å². The third-order valence-corrected chi connectivity index (χ3v) is 6.40. The largest absolute Gasteiger partial charge is 0.481 e. The molecule has 2 atom stereocenters. The summed E-state index contributed by atoms with van der Waals surface area (Å²) in [6.45, 7) is 1.95. The van der Waals surface area contributed by atoms with Gasteiger partial charge in [0.05, 0.1) is 10.8 Å². The summed E-state index contributed by atoms with van der Waals surface area (Å²) in [6.07, 6.45) is 2.71. The van der Waals surface area contributed by atoms with E-state index in [4.69, 9.17) is 4.74 Å². The second-order valence-corrected chi connectivity index (χ2v) is 8.00. The third kappa shape index (κ3) is 4.53. The molecule has 7 heteroatoms. The van der Waals surface area contributed by atoms with E-state index in [1.807, 2.05) is 0 Å². The summed E-state index contributed by atoms with van der Waals surface area (Å²) in [5.41, 5.74) is 0. The second kappa shape index (κ2) is 8.37. The molecule has 1 saturated carbocycles. The van der Waals surface area contributed by atoms with Crippen molar-refractivity contribution in [1.29, 1.82) is 0 Å². The molecule has 0 heterocycles. The Labute approximate surface area is 148 Å². The fraction of sp³-hybridized carbons (Fsp3) is 0.500. The minimum absolute atomic E-state index is 0.124. The van der Waals surface area contributed by atoms with E-state index < -0.39 is 28.0 Å². The highest BCUT2D eigenvalue weighted by atomic mass is 32.2. The van der Waals surface area contributed by atoms with Gasteiger partial charge in [-0.1, -0.05) is 18.8 Å². The van der Waals surface area contributed by atoms with Gasteiger partial charge < -0.3 is 9.84 Å². The fourth-order valence-electron chi connectivity index (χ4n) is 3.08. The van der Waals surface area contributed by atoms with Crippen molar-refractivity contribution in [2.24, 2.45) is 5.92 Å². The first kappa shape index (κ1) is 19.3. The summed E-state index contributed by atoms with van der Waals surface area (Å²) < 4.78 is 32.3. The van der Waals surface area contributed by atoms with E-state index in [9.17, 15) is 18.3 Å². The molecule has 0 radical (unpaired) electrons. The average Bonchev–Trinajstić information content (AvgIpc) is 2.61. The lowest BCUT2D eigenvalue weighted by Gasteiger charge is -2.35. The maximum atomic E-state index is 12.8. The Bertz CT molecular complexity index is 761. The molecular weight excluding hydrogens is 342 g/mol. The predicted molar refractivity (Wildman–Crippen MR) is 93.7 cm³/mol. The Morgan fingerprint density at radius 1 is 1.28 bits per heavy atom. The lowest BCUT2D eigenvalue weighted by Crippen LogP contribution is -2.46. The summed E-state index contributed by atoms with van der Waals surface area (Å²) >= 11 is 0. The molecular formula is C18H23NO5S. The van der Waals surface area contributed by atoms with Crippen LogP contribution in [-0.2, 0) is 14.8 Å². The van der Waals surface area contributed by atoms with Gasteiger partial charge in [-0.3, -0.25) is 4.79 Å². The SMILES string of the molecule is CC#CCOc1ccc(S(=O)(=O)N(C)[C@@H]2CCCC[C@@H]2C(=O)O)cc1. The molecule has 0 saturated heterocycles. The number of nitrogens with zero attached hydrogens (tertiary/aromatic N) is 1. The number of ether oxygens (including phenoxy) is 1. The minimum atomic E-state index is -3.76. The summed E-state index contributed by atoms with van der Waals surface area (Å²) in [5, 5.41) is 9.38. The van der Waals surface area contributed by atoms with Crippen molar-refractivity contribution in [3.05, 3.63) is 24.3 Å². The van der Waals surface area contributed by atoms with E-state index in [2.05, 4.69) is 11.8 Å². The van der Waals surface area contributed by atoms with E-state index in [1.54, 1.807) is 19.1 Å². The zero-order chi connectivity index (χ0) is 18.4. The molecule has 0 spiro atoms. The number of aliphatic carboxylic acids is 1. The highest BCUT2D eigenvalue weighted by molar-refractivity contribution is 7.89. The molecule has 1 aromatic rings. The van der Waals surface area contributed by atoms with E-state index >= 15 is 0 Å². The van der Waals surface area contributed by atoms with Crippen molar-refractivity contribution in [2.45, 2.75) is 43.5 Å². The van der Waals surface area contributed by atoms with Crippen molar-refractivity contribution >= 4 is 16.0 Å². The Hall–Kier alpha value is -2.04. The van der Waals surface area contributed by atoms with Crippen LogP contribution in [0.2, 0.25) is 0 Å². The second-order valence-electron chi connectivity index (χ2n) is 6.00. The summed E-state index contributed by atoms with van der Waals surface area (Å²) in [4.78, 5) is 11.6. The number of carbonyl (C=O) groups is 1. The third-order valence-electron chi connectivity index (χ3n) is 4.50. The van der Waals surface area contributed by atoms with Crippen molar-refractivity contribution in [1.82, 2.24) is 4.31 Å². The molecule has 0 aromatic heterocycles. The van der Waals surface area contributed by atoms with Crippen LogP contribution in [0.4, 0.5) is 0 Å². The van der Waals surface area contributed by atoms with Gasteiger partial charge in [-0.05, 0) is 44.0 Å². The molecule has 25 heavy (non-hydrogen) atoms. The van der Waals surface area contributed by atoms with E-state index in [-0.39, 0.29) is 11.5 Å². The molecule has 0 aliphatic heterocycles. The van der Waals surface area contributed by atoms with Gasteiger partial charge in [0, 0.05) is 13.1 Å². The molecule has 1 aliphatic rings. The Morgan fingerprint density at radius 2 is 1.92 bits per heavy atom. The first-order chi connectivity index (χ1) is 11.9. The van der Waals surface area contributed by atoms with Gasteiger partial charge in [0.1, 0.15) is 12.4 Å². The normalized spacial score (nSPS) is 20.6. The van der Waals surface area contributed by atoms with Gasteiger partial charge in [0.15, 0.2) is 0 Å². The van der Waals surface area contributed by atoms with Gasteiger partial charge in [0.2, 0.25) is 10.0 Å². The quantitative estimate of drug-likeness (QED) is 0.783. The van der Waals surface area contributed by atoms with Crippen molar-refractivity contribution in [3.63, 3.8) is 0 Å². The zero-order valence-electron chi connectivity index (χ0n) is 14.4. The van der Waals surface area contributed by atoms with Gasteiger partial charge in [-0.25, -0.2) is 8.42 Å². The Kier molecular flexibility index (Phi) is 6.45. The average molecular weight is 365 g/mol. The lowest BCUT2D eigenvalue weighted by atomic mass is 9.85. The molecule has 2 rings (SSSR count). The maximum absolute atomic E-state index is 12.8. The Morgan fingerprint density at radius 3 is 2.52 bits per heavy atom. The molecule has 1 aromatic carbocycles. The number of sulfonamides is 1. The van der Waals surface area contributed by atoms with Crippen molar-refractivity contribution < 1.29 is 23.1 Å². The summed E-state index contributed by atoms with van der Waals surface area (Å²) in [5.74, 6) is 4.41. The van der Waals surface area contributed by atoms with E-state index in [0.29, 0.717) is 18.6 Å². The van der Waals surface area contributed by atoms with Gasteiger partial charge in [-0.2, -0.15) is 4.31 Å². The first-order valence-electron chi connectivity index (χ1n) is 8.21. The van der Waals surface area contributed by atoms with Crippen LogP contribution in [-0.4, -0.2) is 43.5 Å².